The molecule has 0 fully saturated rings. The number of carboxylic acid groups (broad SMARTS) is 1. The Kier molecular flexibility index (Phi) is 3.79. The molecule has 0 saturated heterocycles. The molecule has 1 unspecified atom stereocenters. The normalized spacial score (nSPS) is 17.2. The van der Waals surface area contributed by atoms with E-state index in [1.54, 1.807) is 24.3 Å². The number of carbonyl (C=O) groups excluding carboxylic acids is 1. The van der Waals surface area contributed by atoms with Crippen molar-refractivity contribution in [2.75, 3.05) is 4.90 Å². The number of hydrogen-bond acceptors (Lipinski definition) is 3. The van der Waals surface area contributed by atoms with E-state index in [2.05, 4.69) is 0 Å². The van der Waals surface area contributed by atoms with Gasteiger partial charge in [-0.3, -0.25) is 9.69 Å². The van der Waals surface area contributed by atoms with Gasteiger partial charge in [0.25, 0.3) is 5.91 Å². The fourth-order valence-corrected chi connectivity index (χ4v) is 2.83. The summed E-state index contributed by atoms with van der Waals surface area (Å²) >= 11 is 0. The van der Waals surface area contributed by atoms with Gasteiger partial charge in [0.15, 0.2) is 0 Å². The van der Waals surface area contributed by atoms with Crippen molar-refractivity contribution in [1.82, 2.24) is 0 Å². The number of carbonyl (C=O) groups is 2. The molecule has 0 aliphatic carbocycles. The van der Waals surface area contributed by atoms with Gasteiger partial charge in [-0.2, -0.15) is 0 Å². The van der Waals surface area contributed by atoms with Crippen LogP contribution in [0.25, 0.3) is 0 Å². The lowest BCUT2D eigenvalue weighted by molar-refractivity contribution is -0.145. The van der Waals surface area contributed by atoms with Gasteiger partial charge in [0.05, 0.1) is 5.69 Å². The molecular formula is C19H19NO4. The minimum absolute atomic E-state index is 0.383. The third-order valence-corrected chi connectivity index (χ3v) is 4.23. The van der Waals surface area contributed by atoms with Gasteiger partial charge in [-0.15, -0.1) is 0 Å². The van der Waals surface area contributed by atoms with Crippen LogP contribution in [0.15, 0.2) is 48.5 Å². The van der Waals surface area contributed by atoms with E-state index < -0.39 is 17.6 Å². The Bertz CT molecular complexity index is 798. The Labute approximate surface area is 140 Å². The van der Waals surface area contributed by atoms with E-state index in [1.807, 2.05) is 31.2 Å². The van der Waals surface area contributed by atoms with Crippen LogP contribution in [-0.4, -0.2) is 22.5 Å². The van der Waals surface area contributed by atoms with Crippen LogP contribution in [0, 0.1) is 6.92 Å². The zero-order valence-electron chi connectivity index (χ0n) is 13.8. The molecule has 1 aliphatic heterocycles. The first kappa shape index (κ1) is 16.1. The average Bonchev–Trinajstić information content (AvgIpc) is 2.54. The highest BCUT2D eigenvalue weighted by molar-refractivity contribution is 6.06. The van der Waals surface area contributed by atoms with E-state index in [-0.39, 0.29) is 5.91 Å². The maximum absolute atomic E-state index is 13.1. The second kappa shape index (κ2) is 5.67. The third kappa shape index (κ3) is 2.52. The Morgan fingerprint density at radius 2 is 1.83 bits per heavy atom. The molecule has 0 aromatic heterocycles. The van der Waals surface area contributed by atoms with E-state index in [0.29, 0.717) is 17.0 Å². The number of amides is 1. The van der Waals surface area contributed by atoms with Crippen molar-refractivity contribution in [2.24, 2.45) is 0 Å². The second-order valence-corrected chi connectivity index (χ2v) is 6.42. The van der Waals surface area contributed by atoms with E-state index in [0.717, 1.165) is 5.56 Å². The van der Waals surface area contributed by atoms with Gasteiger partial charge in [-0.25, -0.2) is 4.79 Å². The summed E-state index contributed by atoms with van der Waals surface area (Å²) in [5, 5.41) is 9.63. The number of ether oxygens (including phenoxy) is 1. The quantitative estimate of drug-likeness (QED) is 0.940. The molecule has 0 spiro atoms. The zero-order chi connectivity index (χ0) is 17.5. The molecule has 0 radical (unpaired) electrons. The first-order valence-electron chi connectivity index (χ1n) is 7.72. The molecule has 1 atom stereocenters. The van der Waals surface area contributed by atoms with E-state index >= 15 is 0 Å². The molecule has 1 heterocycles. The average molecular weight is 325 g/mol. The topological polar surface area (TPSA) is 66.8 Å². The summed E-state index contributed by atoms with van der Waals surface area (Å²) in [6.45, 7) is 4.93. The maximum atomic E-state index is 13.1. The van der Waals surface area contributed by atoms with Crippen LogP contribution in [0.1, 0.15) is 31.1 Å². The summed E-state index contributed by atoms with van der Waals surface area (Å²) in [4.78, 5) is 26.2. The molecule has 3 rings (SSSR count). The Morgan fingerprint density at radius 1 is 1.17 bits per heavy atom. The van der Waals surface area contributed by atoms with Crippen LogP contribution in [0.2, 0.25) is 0 Å². The van der Waals surface area contributed by atoms with Gasteiger partial charge in [0.2, 0.25) is 6.10 Å². The molecule has 2 aromatic carbocycles. The molecule has 124 valence electrons. The van der Waals surface area contributed by atoms with Gasteiger partial charge in [-0.1, -0.05) is 36.4 Å². The smallest absolute Gasteiger partial charge is 0.329 e. The minimum atomic E-state index is -1.39. The fraction of sp³-hybridized carbons (Fsp3) is 0.263. The Hall–Kier alpha value is -2.82. The molecule has 1 N–H and O–H groups in total. The predicted molar refractivity (Wildman–Crippen MR) is 90.2 cm³/mol. The molecule has 5 heteroatoms. The monoisotopic (exact) mass is 325 g/mol. The summed E-state index contributed by atoms with van der Waals surface area (Å²) in [6.07, 6.45) is -0.861. The Morgan fingerprint density at radius 3 is 2.46 bits per heavy atom. The van der Waals surface area contributed by atoms with Crippen LogP contribution in [0.4, 0.5) is 5.69 Å². The van der Waals surface area contributed by atoms with Crippen LogP contribution in [-0.2, 0) is 9.59 Å². The summed E-state index contributed by atoms with van der Waals surface area (Å²) in [6, 6.07) is 14.5. The summed E-state index contributed by atoms with van der Waals surface area (Å²) < 4.78 is 5.91. The van der Waals surface area contributed by atoms with E-state index in [9.17, 15) is 14.7 Å². The largest absolute Gasteiger partial charge is 0.480 e. The van der Waals surface area contributed by atoms with Crippen LogP contribution in [0.5, 0.6) is 5.75 Å². The first-order chi connectivity index (χ1) is 11.3. The highest BCUT2D eigenvalue weighted by atomic mass is 16.5. The SMILES string of the molecule is Cc1ccc2c(c1)N(C(C)(C)C(=O)O)C(=O)C(c1ccccc1)O2. The molecule has 1 amide bonds. The molecular weight excluding hydrogens is 306 g/mol. The van der Waals surface area contributed by atoms with Crippen LogP contribution >= 0.6 is 0 Å². The summed E-state index contributed by atoms with van der Waals surface area (Å²) in [5.74, 6) is -0.952. The highest BCUT2D eigenvalue weighted by Crippen LogP contribution is 2.42. The highest BCUT2D eigenvalue weighted by Gasteiger charge is 2.46. The van der Waals surface area contributed by atoms with Crippen LogP contribution < -0.4 is 9.64 Å². The van der Waals surface area contributed by atoms with Crippen molar-refractivity contribution in [3.63, 3.8) is 0 Å². The molecule has 5 nitrogen and oxygen atoms in total. The molecule has 24 heavy (non-hydrogen) atoms. The second-order valence-electron chi connectivity index (χ2n) is 6.42. The number of hydrogen-bond donors (Lipinski definition) is 1. The van der Waals surface area contributed by atoms with E-state index in [1.165, 1.54) is 18.7 Å². The molecule has 2 aromatic rings. The van der Waals surface area contributed by atoms with Crippen molar-refractivity contribution in [2.45, 2.75) is 32.4 Å². The first-order valence-corrected chi connectivity index (χ1v) is 7.72. The van der Waals surface area contributed by atoms with Gasteiger partial charge in [0.1, 0.15) is 11.3 Å². The van der Waals surface area contributed by atoms with Crippen molar-refractivity contribution >= 4 is 17.6 Å². The number of rotatable bonds is 3. The number of fused-ring (bicyclic) bond motifs is 1. The van der Waals surface area contributed by atoms with Crippen molar-refractivity contribution < 1.29 is 19.4 Å². The van der Waals surface area contributed by atoms with Gasteiger partial charge in [0, 0.05) is 5.56 Å². The molecule has 0 saturated carbocycles. The van der Waals surface area contributed by atoms with Crippen LogP contribution in [0.3, 0.4) is 0 Å². The van der Waals surface area contributed by atoms with Gasteiger partial charge in [-0.05, 0) is 38.5 Å². The van der Waals surface area contributed by atoms with Gasteiger partial charge < -0.3 is 9.84 Å². The lowest BCUT2D eigenvalue weighted by Crippen LogP contribution is -2.57. The van der Waals surface area contributed by atoms with Gasteiger partial charge >= 0.3 is 5.97 Å². The number of carboxylic acids is 1. The van der Waals surface area contributed by atoms with Crippen molar-refractivity contribution in [1.29, 1.82) is 0 Å². The number of nitrogens with zero attached hydrogens (tertiary/aromatic N) is 1. The standard InChI is InChI=1S/C19H19NO4/c1-12-9-10-15-14(11-12)20(19(2,3)18(22)23)17(21)16(24-15)13-7-5-4-6-8-13/h4-11,16H,1-3H3,(H,22,23). The van der Waals surface area contributed by atoms with E-state index in [4.69, 9.17) is 4.74 Å². The lowest BCUT2D eigenvalue weighted by atomic mass is 9.96. The number of anilines is 1. The lowest BCUT2D eigenvalue weighted by Gasteiger charge is -2.41. The number of aliphatic carboxylic acids is 1. The minimum Gasteiger partial charge on any atom is -0.480 e. The maximum Gasteiger partial charge on any atom is 0.329 e. The number of aryl methyl sites for hydroxylation is 1. The summed E-state index contributed by atoms with van der Waals surface area (Å²) in [7, 11) is 0. The summed E-state index contributed by atoms with van der Waals surface area (Å²) in [5.41, 5.74) is 0.713. The zero-order valence-corrected chi connectivity index (χ0v) is 13.8. The van der Waals surface area contributed by atoms with Crippen molar-refractivity contribution in [3.8, 4) is 5.75 Å². The predicted octanol–water partition coefficient (Wildman–Crippen LogP) is 3.32. The molecule has 0 bridgehead atoms. The third-order valence-electron chi connectivity index (χ3n) is 4.23. The molecule has 1 aliphatic rings. The van der Waals surface area contributed by atoms with Crippen molar-refractivity contribution in [3.05, 3.63) is 59.7 Å². The number of benzene rings is 2. The Balaban J connectivity index is 2.17. The fourth-order valence-electron chi connectivity index (χ4n) is 2.83.